The third-order valence-corrected chi connectivity index (χ3v) is 13.4. The first-order valence-corrected chi connectivity index (χ1v) is 18.2. The molecule has 42 heavy (non-hydrogen) atoms. The van der Waals surface area contributed by atoms with E-state index in [4.69, 9.17) is 4.74 Å². The Morgan fingerprint density at radius 2 is 1.33 bits per heavy atom. The van der Waals surface area contributed by atoms with E-state index in [1.165, 1.54) is 0 Å². The molecule has 5 nitrogen and oxygen atoms in total. The van der Waals surface area contributed by atoms with Crippen molar-refractivity contribution in [1.29, 1.82) is 0 Å². The second-order valence-corrected chi connectivity index (χ2v) is 16.8. The van der Waals surface area contributed by atoms with E-state index in [-0.39, 0.29) is 11.3 Å². The van der Waals surface area contributed by atoms with E-state index in [2.05, 4.69) is 112 Å². The molecular formula is C35H40N2O3SSi. The highest BCUT2D eigenvalue weighted by Crippen LogP contribution is 2.67. The minimum absolute atomic E-state index is 0.0144. The van der Waals surface area contributed by atoms with Gasteiger partial charge in [0.25, 0.3) is 0 Å². The quantitative estimate of drug-likeness (QED) is 0.128. The Morgan fingerprint density at radius 1 is 0.857 bits per heavy atom. The average molecular weight is 597 g/mol. The summed E-state index contributed by atoms with van der Waals surface area (Å²) in [6.45, 7) is 10.6. The number of β-lactam (4-membered cyclic amide) rings is 1. The van der Waals surface area contributed by atoms with Crippen LogP contribution in [0.3, 0.4) is 0 Å². The number of ether oxygens (including phenoxy) is 1. The van der Waals surface area contributed by atoms with Gasteiger partial charge in [-0.3, -0.25) is 4.79 Å². The summed E-state index contributed by atoms with van der Waals surface area (Å²) >= 11 is 1.78. The minimum Gasteiger partial charge on any atom is -0.481 e. The van der Waals surface area contributed by atoms with Crippen molar-refractivity contribution in [2.75, 3.05) is 7.11 Å². The first kappa shape index (κ1) is 30.1. The fourth-order valence-corrected chi connectivity index (χ4v) is 11.6. The maximum absolute atomic E-state index is 14.6. The minimum atomic E-state index is -1.88. The van der Waals surface area contributed by atoms with Crippen LogP contribution in [0.15, 0.2) is 109 Å². The van der Waals surface area contributed by atoms with Gasteiger partial charge in [-0.2, -0.15) is 0 Å². The lowest BCUT2D eigenvalue weighted by atomic mass is 9.82. The summed E-state index contributed by atoms with van der Waals surface area (Å²) in [5, 5.41) is 11.0. The molecule has 1 aromatic heterocycles. The van der Waals surface area contributed by atoms with E-state index in [9.17, 15) is 9.90 Å². The highest BCUT2D eigenvalue weighted by atomic mass is 32.2. The van der Waals surface area contributed by atoms with Crippen LogP contribution in [-0.4, -0.2) is 47.7 Å². The van der Waals surface area contributed by atoms with Crippen molar-refractivity contribution < 1.29 is 14.6 Å². The topological polar surface area (TPSA) is 62.7 Å². The Balaban J connectivity index is 1.77. The van der Waals surface area contributed by atoms with Gasteiger partial charge < -0.3 is 14.7 Å². The van der Waals surface area contributed by atoms with Crippen LogP contribution < -0.4 is 4.74 Å². The summed E-state index contributed by atoms with van der Waals surface area (Å²) in [6, 6.07) is 35.2. The molecule has 218 valence electrons. The molecule has 4 aromatic rings. The van der Waals surface area contributed by atoms with Gasteiger partial charge in [0.05, 0.1) is 37.2 Å². The van der Waals surface area contributed by atoms with Crippen molar-refractivity contribution >= 4 is 26.5 Å². The molecule has 0 aliphatic carbocycles. The van der Waals surface area contributed by atoms with Gasteiger partial charge in [-0.15, -0.1) is 11.8 Å². The van der Waals surface area contributed by atoms with Crippen molar-refractivity contribution in [3.63, 3.8) is 0 Å². The van der Waals surface area contributed by atoms with Gasteiger partial charge in [-0.1, -0.05) is 104 Å². The number of aliphatic hydroxyl groups is 1. The number of carbonyl (C=O) groups is 1. The summed E-state index contributed by atoms with van der Waals surface area (Å²) in [5.74, 6) is 0.487. The number of hydrogen-bond acceptors (Lipinski definition) is 5. The first-order chi connectivity index (χ1) is 20.1. The molecule has 1 saturated heterocycles. The van der Waals surface area contributed by atoms with Gasteiger partial charge >= 0.3 is 0 Å². The van der Waals surface area contributed by atoms with Crippen molar-refractivity contribution in [1.82, 2.24) is 9.88 Å². The Labute approximate surface area is 255 Å². The Bertz CT molecular complexity index is 1400. The number of thioether (sulfide) groups is 1. The van der Waals surface area contributed by atoms with Crippen LogP contribution in [0.4, 0.5) is 0 Å². The summed E-state index contributed by atoms with van der Waals surface area (Å²) < 4.78 is 4.63. The number of benzene rings is 3. The predicted molar refractivity (Wildman–Crippen MR) is 175 cm³/mol. The normalized spacial score (nSPS) is 19.9. The molecule has 1 amide bonds. The molecule has 1 N–H and O–H groups in total. The standard InChI is InChI=1S/C35H40N2O3SSi/c1-33(2,3)37-31(39)35(42(5)6,30(38)25-22-23-29(40-4)36-24-25)32(37)41-34(26-16-10-7-11-17-26,27-18-12-8-13-19-27)28-20-14-9-15-21-28/h7-24,30,32,38,42H,1-6H3. The maximum atomic E-state index is 14.6. The van der Waals surface area contributed by atoms with Crippen molar-refractivity contribution in [2.24, 2.45) is 0 Å². The highest BCUT2D eigenvalue weighted by Gasteiger charge is 2.70. The van der Waals surface area contributed by atoms with E-state index < -0.39 is 30.2 Å². The largest absolute Gasteiger partial charge is 0.481 e. The fourth-order valence-electron chi connectivity index (χ4n) is 6.31. The number of nitrogens with zero attached hydrogens (tertiary/aromatic N) is 2. The smallest absolute Gasteiger partial charge is 0.232 e. The number of rotatable bonds is 9. The molecule has 1 fully saturated rings. The molecular weight excluding hydrogens is 557 g/mol. The number of pyridine rings is 1. The van der Waals surface area contributed by atoms with Crippen LogP contribution in [0.5, 0.6) is 5.88 Å². The summed E-state index contributed by atoms with van der Waals surface area (Å²) in [4.78, 5) is 21.0. The van der Waals surface area contributed by atoms with Gasteiger partial charge in [-0.05, 0) is 49.1 Å². The van der Waals surface area contributed by atoms with E-state index in [0.717, 1.165) is 16.7 Å². The summed E-state index contributed by atoms with van der Waals surface area (Å²) in [6.07, 6.45) is 0.640. The molecule has 5 rings (SSSR count). The summed E-state index contributed by atoms with van der Waals surface area (Å²) in [7, 11) is -0.309. The van der Waals surface area contributed by atoms with Crippen molar-refractivity contribution in [3.05, 3.63) is 132 Å². The van der Waals surface area contributed by atoms with E-state index in [1.54, 1.807) is 31.1 Å². The van der Waals surface area contributed by atoms with Gasteiger partial charge in [0.15, 0.2) is 0 Å². The molecule has 0 radical (unpaired) electrons. The second-order valence-electron chi connectivity index (χ2n) is 12.2. The van der Waals surface area contributed by atoms with Gasteiger partial charge in [0.1, 0.15) is 0 Å². The van der Waals surface area contributed by atoms with Crippen LogP contribution in [0.25, 0.3) is 0 Å². The molecule has 0 bridgehead atoms. The number of amides is 1. The van der Waals surface area contributed by atoms with Gasteiger partial charge in [-0.25, -0.2) is 4.98 Å². The van der Waals surface area contributed by atoms with E-state index >= 15 is 0 Å². The zero-order chi connectivity index (χ0) is 30.1. The molecule has 3 aromatic carbocycles. The Hall–Kier alpha value is -3.39. The van der Waals surface area contributed by atoms with Crippen LogP contribution in [0.2, 0.25) is 18.1 Å². The van der Waals surface area contributed by atoms with Crippen molar-refractivity contribution in [3.8, 4) is 5.88 Å². The Kier molecular flexibility index (Phi) is 8.38. The van der Waals surface area contributed by atoms with E-state index in [1.807, 2.05) is 29.2 Å². The van der Waals surface area contributed by atoms with Crippen LogP contribution in [-0.2, 0) is 9.54 Å². The van der Waals surface area contributed by atoms with Crippen molar-refractivity contribution in [2.45, 2.75) is 60.7 Å². The number of likely N-dealkylation sites (tertiary alicyclic amines) is 1. The first-order valence-electron chi connectivity index (χ1n) is 14.4. The average Bonchev–Trinajstić information content (AvgIpc) is 3.00. The molecule has 0 saturated carbocycles. The predicted octanol–water partition coefficient (Wildman–Crippen LogP) is 7.04. The monoisotopic (exact) mass is 596 g/mol. The third kappa shape index (κ3) is 4.87. The number of methoxy groups -OCH3 is 1. The lowest BCUT2D eigenvalue weighted by Gasteiger charge is -2.65. The van der Waals surface area contributed by atoms with E-state index in [0.29, 0.717) is 11.4 Å². The number of carbonyl (C=O) groups excluding carboxylic acids is 1. The maximum Gasteiger partial charge on any atom is 0.232 e. The molecule has 3 atom stereocenters. The Morgan fingerprint density at radius 3 is 1.69 bits per heavy atom. The molecule has 1 aliphatic heterocycles. The third-order valence-electron chi connectivity index (χ3n) is 8.48. The molecule has 7 heteroatoms. The van der Waals surface area contributed by atoms with Crippen LogP contribution in [0, 0.1) is 0 Å². The van der Waals surface area contributed by atoms with Gasteiger partial charge in [0, 0.05) is 17.8 Å². The highest BCUT2D eigenvalue weighted by molar-refractivity contribution is 8.01. The van der Waals surface area contributed by atoms with Gasteiger partial charge in [0.2, 0.25) is 11.8 Å². The zero-order valence-electron chi connectivity index (χ0n) is 25.2. The summed E-state index contributed by atoms with van der Waals surface area (Å²) in [5.41, 5.74) is 3.56. The fraction of sp³-hybridized carbons (Fsp3) is 0.314. The molecule has 3 unspecified atom stereocenters. The number of aromatic nitrogens is 1. The number of hydrogen-bond donors (Lipinski definition) is 1. The second kappa shape index (κ2) is 11.7. The molecule has 0 spiro atoms. The molecule has 1 aliphatic rings. The van der Waals surface area contributed by atoms with Crippen LogP contribution >= 0.6 is 11.8 Å². The molecule has 2 heterocycles. The zero-order valence-corrected chi connectivity index (χ0v) is 27.2. The lowest BCUT2D eigenvalue weighted by molar-refractivity contribution is -0.164. The lowest BCUT2D eigenvalue weighted by Crippen LogP contribution is -2.74. The number of aliphatic hydroxyl groups excluding tert-OH is 1. The van der Waals surface area contributed by atoms with Crippen LogP contribution in [0.1, 0.15) is 49.1 Å². The SMILES string of the molecule is COc1ccc(C(O)C2([SiH](C)C)C(=O)N(C(C)(C)C)C2SC(c2ccccc2)(c2ccccc2)c2ccccc2)cn1.